The molecule has 4 rings (SSSR count). The monoisotopic (exact) mass is 581 g/mol. The predicted octanol–water partition coefficient (Wildman–Crippen LogP) is 5.11. The van der Waals surface area contributed by atoms with Gasteiger partial charge in [0.15, 0.2) is 0 Å². The van der Waals surface area contributed by atoms with Crippen LogP contribution in [0.1, 0.15) is 42.4 Å². The van der Waals surface area contributed by atoms with E-state index in [0.29, 0.717) is 22.7 Å². The molecule has 0 radical (unpaired) electrons. The van der Waals surface area contributed by atoms with Gasteiger partial charge in [-0.15, -0.1) is 0 Å². The van der Waals surface area contributed by atoms with Crippen molar-refractivity contribution in [2.24, 2.45) is 0 Å². The molecule has 0 unspecified atom stereocenters. The minimum absolute atomic E-state index is 0.0704. The topological polar surface area (TPSA) is 86.8 Å². The number of amides is 2. The van der Waals surface area contributed by atoms with Crippen molar-refractivity contribution in [3.8, 4) is 0 Å². The SMILES string of the molecule is Cc1ccc(Cl)cc1N(CC(=O)N(Cc1ccccc1)[C@H](Cc1ccccc1)C(=O)NC1CCCC1)S(C)(=O)=O. The van der Waals surface area contributed by atoms with Crippen LogP contribution in [-0.4, -0.2) is 50.0 Å². The largest absolute Gasteiger partial charge is 0.352 e. The van der Waals surface area contributed by atoms with Crippen molar-refractivity contribution < 1.29 is 18.0 Å². The Balaban J connectivity index is 1.73. The van der Waals surface area contributed by atoms with E-state index in [0.717, 1.165) is 47.4 Å². The van der Waals surface area contributed by atoms with Gasteiger partial charge in [-0.25, -0.2) is 8.42 Å². The number of nitrogens with one attached hydrogen (secondary N) is 1. The van der Waals surface area contributed by atoms with Crippen molar-refractivity contribution in [3.05, 3.63) is 101 Å². The molecule has 0 spiro atoms. The van der Waals surface area contributed by atoms with E-state index in [1.807, 2.05) is 60.7 Å². The number of rotatable bonds is 11. The van der Waals surface area contributed by atoms with Crippen molar-refractivity contribution >= 4 is 39.1 Å². The van der Waals surface area contributed by atoms with Crippen molar-refractivity contribution in [3.63, 3.8) is 0 Å². The molecule has 1 atom stereocenters. The molecular formula is C31H36ClN3O4S. The van der Waals surface area contributed by atoms with Crippen LogP contribution in [0.2, 0.25) is 5.02 Å². The zero-order chi connectivity index (χ0) is 28.7. The van der Waals surface area contributed by atoms with Gasteiger partial charge in [0, 0.05) is 24.0 Å². The van der Waals surface area contributed by atoms with Crippen LogP contribution >= 0.6 is 11.6 Å². The molecule has 1 aliphatic rings. The Kier molecular flexibility index (Phi) is 9.87. The predicted molar refractivity (Wildman–Crippen MR) is 160 cm³/mol. The molecule has 1 aliphatic carbocycles. The van der Waals surface area contributed by atoms with Crippen LogP contribution in [0.25, 0.3) is 0 Å². The number of aryl methyl sites for hydroxylation is 1. The van der Waals surface area contributed by atoms with Gasteiger partial charge in [0.2, 0.25) is 21.8 Å². The van der Waals surface area contributed by atoms with E-state index >= 15 is 0 Å². The molecule has 0 bridgehead atoms. The number of carbonyl (C=O) groups excluding carboxylic acids is 2. The summed E-state index contributed by atoms with van der Waals surface area (Å²) in [6, 6.07) is 23.2. The van der Waals surface area contributed by atoms with Gasteiger partial charge in [-0.05, 0) is 48.6 Å². The van der Waals surface area contributed by atoms with Gasteiger partial charge in [0.25, 0.3) is 0 Å². The van der Waals surface area contributed by atoms with Crippen LogP contribution in [0.4, 0.5) is 5.69 Å². The number of halogens is 1. The average molecular weight is 582 g/mol. The molecular weight excluding hydrogens is 546 g/mol. The summed E-state index contributed by atoms with van der Waals surface area (Å²) in [5.74, 6) is -0.707. The van der Waals surface area contributed by atoms with Crippen LogP contribution in [0.15, 0.2) is 78.9 Å². The lowest BCUT2D eigenvalue weighted by Crippen LogP contribution is -2.54. The van der Waals surface area contributed by atoms with E-state index in [4.69, 9.17) is 11.6 Å². The van der Waals surface area contributed by atoms with Crippen LogP contribution in [0, 0.1) is 6.92 Å². The van der Waals surface area contributed by atoms with Crippen molar-refractivity contribution in [1.29, 1.82) is 0 Å². The van der Waals surface area contributed by atoms with Gasteiger partial charge in [0.05, 0.1) is 11.9 Å². The lowest BCUT2D eigenvalue weighted by Gasteiger charge is -2.34. The Hall–Kier alpha value is -3.36. The molecule has 0 aliphatic heterocycles. The smallest absolute Gasteiger partial charge is 0.244 e. The quantitative estimate of drug-likeness (QED) is 0.341. The number of benzene rings is 3. The zero-order valence-corrected chi connectivity index (χ0v) is 24.5. The van der Waals surface area contributed by atoms with Crippen LogP contribution in [-0.2, 0) is 32.6 Å². The molecule has 1 N–H and O–H groups in total. The summed E-state index contributed by atoms with van der Waals surface area (Å²) >= 11 is 6.21. The first kappa shape index (κ1) is 29.6. The minimum Gasteiger partial charge on any atom is -0.352 e. The lowest BCUT2D eigenvalue weighted by molar-refractivity contribution is -0.140. The maximum Gasteiger partial charge on any atom is 0.244 e. The highest BCUT2D eigenvalue weighted by Crippen LogP contribution is 2.27. The minimum atomic E-state index is -3.86. The first-order chi connectivity index (χ1) is 19.1. The molecule has 0 heterocycles. The zero-order valence-electron chi connectivity index (χ0n) is 22.9. The standard InChI is InChI=1S/C31H36ClN3O4S/c1-23-17-18-26(32)20-28(23)35(40(2,38)39)22-30(36)34(21-25-13-7-4-8-14-25)29(19-24-11-5-3-6-12-24)31(37)33-27-15-9-10-16-27/h3-8,11-14,17-18,20,27,29H,9-10,15-16,19,21-22H2,1-2H3,(H,33,37)/t29-/m1/s1. The number of sulfonamides is 1. The summed E-state index contributed by atoms with van der Waals surface area (Å²) in [5, 5.41) is 3.53. The molecule has 7 nitrogen and oxygen atoms in total. The second kappa shape index (κ2) is 13.3. The van der Waals surface area contributed by atoms with Gasteiger partial charge in [-0.3, -0.25) is 13.9 Å². The highest BCUT2D eigenvalue weighted by Gasteiger charge is 2.34. The Morgan fingerprint density at radius 3 is 2.15 bits per heavy atom. The second-order valence-corrected chi connectivity index (χ2v) is 12.7. The van der Waals surface area contributed by atoms with Crippen LogP contribution in [0.3, 0.4) is 0 Å². The molecule has 9 heteroatoms. The third-order valence-corrected chi connectivity index (χ3v) is 8.65. The van der Waals surface area contributed by atoms with Crippen molar-refractivity contribution in [2.75, 3.05) is 17.1 Å². The maximum atomic E-state index is 14.2. The highest BCUT2D eigenvalue weighted by atomic mass is 35.5. The lowest BCUT2D eigenvalue weighted by atomic mass is 10.0. The fourth-order valence-corrected chi connectivity index (χ4v) is 6.21. The molecule has 3 aromatic rings. The fourth-order valence-electron chi connectivity index (χ4n) is 5.15. The Bertz CT molecular complexity index is 1410. The maximum absolute atomic E-state index is 14.2. The molecule has 1 fully saturated rings. The summed E-state index contributed by atoms with van der Waals surface area (Å²) in [4.78, 5) is 29.5. The highest BCUT2D eigenvalue weighted by molar-refractivity contribution is 7.92. The summed E-state index contributed by atoms with van der Waals surface area (Å²) in [6.45, 7) is 1.46. The first-order valence-corrected chi connectivity index (χ1v) is 15.8. The van der Waals surface area contributed by atoms with Crippen molar-refractivity contribution in [1.82, 2.24) is 10.2 Å². The van der Waals surface area contributed by atoms with Crippen LogP contribution < -0.4 is 9.62 Å². The van der Waals surface area contributed by atoms with Gasteiger partial charge < -0.3 is 10.2 Å². The molecule has 0 saturated heterocycles. The van der Waals surface area contributed by atoms with E-state index < -0.39 is 28.5 Å². The second-order valence-electron chi connectivity index (χ2n) is 10.4. The number of nitrogens with zero attached hydrogens (tertiary/aromatic N) is 2. The van der Waals surface area contributed by atoms with Gasteiger partial charge in [-0.2, -0.15) is 0 Å². The van der Waals surface area contributed by atoms with E-state index in [2.05, 4.69) is 5.32 Å². The third kappa shape index (κ3) is 7.86. The number of carbonyl (C=O) groups is 2. The Labute approximate surface area is 242 Å². The molecule has 212 valence electrons. The van der Waals surface area contributed by atoms with Gasteiger partial charge in [-0.1, -0.05) is 91.2 Å². The average Bonchev–Trinajstić information content (AvgIpc) is 3.44. The van der Waals surface area contributed by atoms with E-state index in [9.17, 15) is 18.0 Å². The molecule has 3 aromatic carbocycles. The van der Waals surface area contributed by atoms with Crippen LogP contribution in [0.5, 0.6) is 0 Å². The van der Waals surface area contributed by atoms with Gasteiger partial charge >= 0.3 is 0 Å². The number of hydrogen-bond acceptors (Lipinski definition) is 4. The number of hydrogen-bond donors (Lipinski definition) is 1. The van der Waals surface area contributed by atoms with E-state index in [-0.39, 0.29) is 18.5 Å². The summed E-state index contributed by atoms with van der Waals surface area (Å²) in [6.07, 6.45) is 5.30. The molecule has 0 aromatic heterocycles. The number of anilines is 1. The fraction of sp³-hybridized carbons (Fsp3) is 0.355. The van der Waals surface area contributed by atoms with Crippen molar-refractivity contribution in [2.45, 2.75) is 57.7 Å². The normalized spacial score (nSPS) is 14.5. The van der Waals surface area contributed by atoms with Gasteiger partial charge in [0.1, 0.15) is 12.6 Å². The Morgan fingerprint density at radius 1 is 0.950 bits per heavy atom. The van der Waals surface area contributed by atoms with E-state index in [1.54, 1.807) is 25.1 Å². The molecule has 40 heavy (non-hydrogen) atoms. The third-order valence-electron chi connectivity index (χ3n) is 7.29. The molecule has 1 saturated carbocycles. The summed E-state index contributed by atoms with van der Waals surface area (Å²) < 4.78 is 27.0. The molecule has 2 amide bonds. The first-order valence-electron chi connectivity index (χ1n) is 13.5. The van der Waals surface area contributed by atoms with E-state index in [1.165, 1.54) is 4.90 Å². The summed E-state index contributed by atoms with van der Waals surface area (Å²) in [7, 11) is -3.86. The summed E-state index contributed by atoms with van der Waals surface area (Å²) in [5.41, 5.74) is 2.74. The Morgan fingerprint density at radius 2 is 1.55 bits per heavy atom.